The quantitative estimate of drug-likeness (QED) is 0.457. The molecule has 0 aromatic rings. The first kappa shape index (κ1) is 10.7. The lowest BCUT2D eigenvalue weighted by atomic mass is 10.4. The van der Waals surface area contributed by atoms with Crippen molar-refractivity contribution in [1.29, 1.82) is 0 Å². The molecule has 0 aromatic heterocycles. The molecule has 1 amide bonds. The van der Waals surface area contributed by atoms with Gasteiger partial charge in [-0.05, 0) is 13.5 Å². The van der Waals surface area contributed by atoms with Crippen molar-refractivity contribution in [1.82, 2.24) is 0 Å². The molecule has 0 spiro atoms. The highest BCUT2D eigenvalue weighted by atomic mass is 35.5. The second-order valence-corrected chi connectivity index (χ2v) is 2.75. The number of nitrogens with zero attached hydrogens (tertiary/aromatic N) is 1. The predicted octanol–water partition coefficient (Wildman–Crippen LogP) is -1.71. The molecule has 2 nitrogen and oxygen atoms in total. The van der Waals surface area contributed by atoms with Gasteiger partial charge in [0.2, 0.25) is 0 Å². The molecule has 0 aliphatic carbocycles. The molecule has 0 saturated carbocycles. The Morgan fingerprint density at radius 1 is 1.73 bits per heavy atom. The zero-order valence-electron chi connectivity index (χ0n) is 6.85. The third kappa shape index (κ3) is 1.63. The fourth-order valence-corrected chi connectivity index (χ4v) is 1.52. The van der Waals surface area contributed by atoms with Gasteiger partial charge >= 0.3 is 5.91 Å². The van der Waals surface area contributed by atoms with Gasteiger partial charge < -0.3 is 12.4 Å². The molecule has 1 unspecified atom stereocenters. The van der Waals surface area contributed by atoms with Crippen molar-refractivity contribution in [2.24, 2.45) is 0 Å². The van der Waals surface area contributed by atoms with Crippen LogP contribution in [-0.4, -0.2) is 23.5 Å². The zero-order chi connectivity index (χ0) is 7.61. The van der Waals surface area contributed by atoms with Crippen molar-refractivity contribution in [3.05, 3.63) is 12.8 Å². The van der Waals surface area contributed by atoms with Gasteiger partial charge in [-0.25, -0.2) is 9.28 Å². The summed E-state index contributed by atoms with van der Waals surface area (Å²) >= 11 is 0. The molecule has 1 aliphatic rings. The Kier molecular flexibility index (Phi) is 3.76. The van der Waals surface area contributed by atoms with Gasteiger partial charge in [0.25, 0.3) is 0 Å². The third-order valence-electron chi connectivity index (χ3n) is 2.36. The number of quaternary nitrogens is 1. The van der Waals surface area contributed by atoms with Gasteiger partial charge in [-0.15, -0.1) is 0 Å². The molecule has 1 rings (SSSR count). The molecular formula is C8H14ClNO. The molecule has 1 heterocycles. The van der Waals surface area contributed by atoms with E-state index >= 15 is 0 Å². The smallest absolute Gasteiger partial charge is 0.318 e. The summed E-state index contributed by atoms with van der Waals surface area (Å²) < 4.78 is 0.500. The zero-order valence-corrected chi connectivity index (χ0v) is 7.60. The second-order valence-electron chi connectivity index (χ2n) is 2.75. The lowest BCUT2D eigenvalue weighted by Gasteiger charge is -2.24. The van der Waals surface area contributed by atoms with Crippen molar-refractivity contribution in [2.45, 2.75) is 19.8 Å². The van der Waals surface area contributed by atoms with Crippen LogP contribution in [0.4, 0.5) is 0 Å². The van der Waals surface area contributed by atoms with Crippen LogP contribution in [0.3, 0.4) is 0 Å². The van der Waals surface area contributed by atoms with E-state index in [-0.39, 0.29) is 12.4 Å². The van der Waals surface area contributed by atoms with E-state index in [9.17, 15) is 4.79 Å². The van der Waals surface area contributed by atoms with Crippen LogP contribution in [0.5, 0.6) is 0 Å². The standard InChI is InChI=1S/C8H14NO.ClH/c1-3-9(4-2)7-5-6-8(9)10;/h3H,1,4-7H2,2H3;1H/q+1;/p-1. The number of carbonyl (C=O) groups is 1. The molecular weight excluding hydrogens is 162 g/mol. The molecule has 0 aromatic carbocycles. The van der Waals surface area contributed by atoms with E-state index in [1.165, 1.54) is 0 Å². The van der Waals surface area contributed by atoms with E-state index in [2.05, 4.69) is 6.58 Å². The lowest BCUT2D eigenvalue weighted by Crippen LogP contribution is -3.00. The van der Waals surface area contributed by atoms with Gasteiger partial charge in [0.15, 0.2) is 0 Å². The molecule has 11 heavy (non-hydrogen) atoms. The van der Waals surface area contributed by atoms with E-state index < -0.39 is 0 Å². The average Bonchev–Trinajstić information content (AvgIpc) is 2.32. The monoisotopic (exact) mass is 175 g/mol. The maximum atomic E-state index is 11.3. The van der Waals surface area contributed by atoms with Crippen molar-refractivity contribution >= 4 is 5.91 Å². The number of amides is 1. The summed E-state index contributed by atoms with van der Waals surface area (Å²) in [5.41, 5.74) is 0. The second kappa shape index (κ2) is 3.88. The predicted molar refractivity (Wildman–Crippen MR) is 40.1 cm³/mol. The Morgan fingerprint density at radius 2 is 2.36 bits per heavy atom. The van der Waals surface area contributed by atoms with Gasteiger partial charge in [-0.2, -0.15) is 0 Å². The summed E-state index contributed by atoms with van der Waals surface area (Å²) in [4.78, 5) is 11.3. The van der Waals surface area contributed by atoms with Crippen molar-refractivity contribution in [3.8, 4) is 0 Å². The SMILES string of the molecule is C=C[N+]1(CC)CCCC1=O.[Cl-]. The van der Waals surface area contributed by atoms with E-state index in [4.69, 9.17) is 0 Å². The molecule has 1 aliphatic heterocycles. The highest BCUT2D eigenvalue weighted by Crippen LogP contribution is 2.20. The van der Waals surface area contributed by atoms with Crippen molar-refractivity contribution < 1.29 is 21.7 Å². The van der Waals surface area contributed by atoms with Crippen LogP contribution in [0, 0.1) is 0 Å². The Bertz CT molecular complexity index is 169. The third-order valence-corrected chi connectivity index (χ3v) is 2.36. The molecule has 0 bridgehead atoms. The summed E-state index contributed by atoms with van der Waals surface area (Å²) in [6, 6.07) is 0. The van der Waals surface area contributed by atoms with Crippen LogP contribution in [0.15, 0.2) is 12.8 Å². The van der Waals surface area contributed by atoms with Gasteiger partial charge in [0, 0.05) is 6.42 Å². The fourth-order valence-electron chi connectivity index (χ4n) is 1.52. The van der Waals surface area contributed by atoms with E-state index in [0.717, 1.165) is 25.9 Å². The topological polar surface area (TPSA) is 17.1 Å². The van der Waals surface area contributed by atoms with Gasteiger partial charge in [-0.3, -0.25) is 0 Å². The summed E-state index contributed by atoms with van der Waals surface area (Å²) in [7, 11) is 0. The number of halogens is 1. The summed E-state index contributed by atoms with van der Waals surface area (Å²) in [6.45, 7) is 7.54. The van der Waals surface area contributed by atoms with Crippen LogP contribution in [-0.2, 0) is 4.79 Å². The van der Waals surface area contributed by atoms with Crippen LogP contribution in [0.1, 0.15) is 19.8 Å². The summed E-state index contributed by atoms with van der Waals surface area (Å²) in [5.74, 6) is 0.331. The van der Waals surface area contributed by atoms with E-state index in [1.807, 2.05) is 6.92 Å². The Hall–Kier alpha value is -0.340. The van der Waals surface area contributed by atoms with Crippen LogP contribution < -0.4 is 12.4 Å². The minimum absolute atomic E-state index is 0. The number of rotatable bonds is 2. The van der Waals surface area contributed by atoms with Gasteiger partial charge in [0.1, 0.15) is 0 Å². The number of carbonyl (C=O) groups excluding carboxylic acids is 1. The van der Waals surface area contributed by atoms with Crippen LogP contribution >= 0.6 is 0 Å². The average molecular weight is 176 g/mol. The molecule has 64 valence electrons. The first-order chi connectivity index (χ1) is 4.75. The molecule has 1 saturated heterocycles. The Morgan fingerprint density at radius 3 is 2.55 bits per heavy atom. The first-order valence-electron chi connectivity index (χ1n) is 3.79. The number of likely N-dealkylation sites (tertiary alicyclic amines) is 1. The minimum atomic E-state index is 0. The normalized spacial score (nSPS) is 29.7. The van der Waals surface area contributed by atoms with Crippen molar-refractivity contribution in [3.63, 3.8) is 0 Å². The van der Waals surface area contributed by atoms with Crippen LogP contribution in [0.2, 0.25) is 0 Å². The highest BCUT2D eigenvalue weighted by molar-refractivity contribution is 5.71. The molecule has 0 radical (unpaired) electrons. The van der Waals surface area contributed by atoms with Crippen molar-refractivity contribution in [2.75, 3.05) is 13.1 Å². The molecule has 3 heteroatoms. The first-order valence-corrected chi connectivity index (χ1v) is 3.79. The maximum Gasteiger partial charge on any atom is 0.318 e. The maximum absolute atomic E-state index is 11.3. The Balaban J connectivity index is 0.000001000. The molecule has 1 fully saturated rings. The van der Waals surface area contributed by atoms with Gasteiger partial charge in [-0.1, -0.05) is 0 Å². The highest BCUT2D eigenvalue weighted by Gasteiger charge is 2.36. The fraction of sp³-hybridized carbons (Fsp3) is 0.625. The number of hydrogen-bond acceptors (Lipinski definition) is 1. The largest absolute Gasteiger partial charge is 1.00 e. The summed E-state index contributed by atoms with van der Waals surface area (Å²) in [5, 5.41) is 0. The van der Waals surface area contributed by atoms with Crippen LogP contribution in [0.25, 0.3) is 0 Å². The number of hydrogen-bond donors (Lipinski definition) is 0. The minimum Gasteiger partial charge on any atom is -1.00 e. The van der Waals surface area contributed by atoms with E-state index in [0.29, 0.717) is 10.4 Å². The summed E-state index contributed by atoms with van der Waals surface area (Å²) in [6.07, 6.45) is 3.54. The lowest BCUT2D eigenvalue weighted by molar-refractivity contribution is -0.791. The molecule has 1 atom stereocenters. The Labute approximate surface area is 73.9 Å². The van der Waals surface area contributed by atoms with Gasteiger partial charge in [0.05, 0.1) is 25.7 Å². The molecule has 0 N–H and O–H groups in total. The van der Waals surface area contributed by atoms with E-state index in [1.54, 1.807) is 6.20 Å².